The van der Waals surface area contributed by atoms with Gasteiger partial charge in [0.25, 0.3) is 0 Å². The molecule has 1 amide bonds. The molecule has 2 aromatic carbocycles. The highest BCUT2D eigenvalue weighted by Gasteiger charge is 2.25. The van der Waals surface area contributed by atoms with Crippen molar-refractivity contribution in [2.24, 2.45) is 10.7 Å². The molecule has 5 nitrogen and oxygen atoms in total. The summed E-state index contributed by atoms with van der Waals surface area (Å²) in [6.07, 6.45) is 2.24. The fourth-order valence-electron chi connectivity index (χ4n) is 3.46. The maximum atomic E-state index is 12.4. The second-order valence-corrected chi connectivity index (χ2v) is 9.65. The van der Waals surface area contributed by atoms with E-state index in [0.29, 0.717) is 46.5 Å². The van der Waals surface area contributed by atoms with Crippen LogP contribution in [0.15, 0.2) is 76.4 Å². The van der Waals surface area contributed by atoms with Gasteiger partial charge in [0, 0.05) is 24.4 Å². The maximum Gasteiger partial charge on any atom is 0.410 e. The van der Waals surface area contributed by atoms with Crippen LogP contribution in [0.3, 0.4) is 0 Å². The third-order valence-electron chi connectivity index (χ3n) is 5.16. The largest absolute Gasteiger partial charge is 0.444 e. The van der Waals surface area contributed by atoms with Gasteiger partial charge >= 0.3 is 6.09 Å². The van der Waals surface area contributed by atoms with Gasteiger partial charge in [-0.1, -0.05) is 53.5 Å². The van der Waals surface area contributed by atoms with Crippen molar-refractivity contribution < 1.29 is 9.53 Å². The molecule has 33 heavy (non-hydrogen) atoms. The minimum absolute atomic E-state index is 0.328. The molecule has 2 N–H and O–H groups in total. The highest BCUT2D eigenvalue weighted by molar-refractivity contribution is 6.41. The van der Waals surface area contributed by atoms with Crippen molar-refractivity contribution in [3.63, 3.8) is 0 Å². The highest BCUT2D eigenvalue weighted by atomic mass is 35.5. The summed E-state index contributed by atoms with van der Waals surface area (Å²) >= 11 is 13.1. The Morgan fingerprint density at radius 1 is 1.06 bits per heavy atom. The Morgan fingerprint density at radius 3 is 2.24 bits per heavy atom. The van der Waals surface area contributed by atoms with E-state index in [0.717, 1.165) is 16.8 Å². The number of nitrogens with zero attached hydrogens (tertiary/aromatic N) is 2. The third-order valence-corrected chi connectivity index (χ3v) is 5.79. The van der Waals surface area contributed by atoms with E-state index in [1.165, 1.54) is 0 Å². The first kappa shape index (κ1) is 24.9. The number of para-hydroxylation sites is 1. The first-order valence-electron chi connectivity index (χ1n) is 10.8. The fraction of sp³-hybridized carbons (Fsp3) is 0.308. The second kappa shape index (κ2) is 10.4. The SMILES string of the molecule is C/C(C(=Nc1ccccc1)c1c(Cl)cccc1Cl)=C(/N)C1=CCN(C(=O)OC(C)(C)C)CC1. The van der Waals surface area contributed by atoms with Crippen molar-refractivity contribution in [2.45, 2.75) is 39.7 Å². The van der Waals surface area contributed by atoms with Crippen molar-refractivity contribution in [2.75, 3.05) is 13.1 Å². The van der Waals surface area contributed by atoms with Crippen LogP contribution in [-0.2, 0) is 4.74 Å². The molecule has 0 radical (unpaired) electrons. The Labute approximate surface area is 205 Å². The monoisotopic (exact) mass is 485 g/mol. The molecular weight excluding hydrogens is 457 g/mol. The van der Waals surface area contributed by atoms with E-state index in [1.54, 1.807) is 23.1 Å². The lowest BCUT2D eigenvalue weighted by atomic mass is 9.95. The van der Waals surface area contributed by atoms with Crippen LogP contribution in [0.2, 0.25) is 10.0 Å². The number of nitrogens with two attached hydrogens (primary N) is 1. The normalized spacial score (nSPS) is 15.6. The zero-order chi connectivity index (χ0) is 24.2. The van der Waals surface area contributed by atoms with E-state index in [4.69, 9.17) is 38.7 Å². The molecule has 0 atom stereocenters. The Morgan fingerprint density at radius 2 is 1.70 bits per heavy atom. The van der Waals surface area contributed by atoms with Crippen LogP contribution in [0.5, 0.6) is 0 Å². The number of hydrogen-bond acceptors (Lipinski definition) is 4. The average Bonchev–Trinajstić information content (AvgIpc) is 2.77. The number of carbonyl (C=O) groups excluding carboxylic acids is 1. The number of benzene rings is 2. The molecule has 2 aromatic rings. The Hall–Kier alpha value is -2.76. The lowest BCUT2D eigenvalue weighted by Gasteiger charge is -2.30. The molecule has 0 bridgehead atoms. The second-order valence-electron chi connectivity index (χ2n) is 8.84. The molecule has 0 saturated carbocycles. The summed E-state index contributed by atoms with van der Waals surface area (Å²) < 4.78 is 5.48. The van der Waals surface area contributed by atoms with Crippen molar-refractivity contribution in [3.05, 3.63) is 87.1 Å². The van der Waals surface area contributed by atoms with Crippen molar-refractivity contribution in [1.29, 1.82) is 0 Å². The van der Waals surface area contributed by atoms with Crippen LogP contribution in [0.1, 0.15) is 39.7 Å². The Kier molecular flexibility index (Phi) is 7.88. The molecule has 1 heterocycles. The van der Waals surface area contributed by atoms with Gasteiger partial charge in [-0.05, 0) is 69.5 Å². The summed E-state index contributed by atoms with van der Waals surface area (Å²) in [5.74, 6) is 0. The minimum atomic E-state index is -0.534. The first-order valence-corrected chi connectivity index (χ1v) is 11.5. The molecule has 3 rings (SSSR count). The average molecular weight is 486 g/mol. The number of aliphatic imine (C=N–C) groups is 1. The van der Waals surface area contributed by atoms with Gasteiger partial charge in [0.05, 0.1) is 21.4 Å². The summed E-state index contributed by atoms with van der Waals surface area (Å²) in [6.45, 7) is 8.43. The molecule has 7 heteroatoms. The van der Waals surface area contributed by atoms with Crippen molar-refractivity contribution >= 4 is 40.7 Å². The van der Waals surface area contributed by atoms with Gasteiger partial charge in [-0.15, -0.1) is 0 Å². The minimum Gasteiger partial charge on any atom is -0.444 e. The number of halogens is 2. The lowest BCUT2D eigenvalue weighted by molar-refractivity contribution is 0.0266. The summed E-state index contributed by atoms with van der Waals surface area (Å²) in [5, 5.41) is 0.996. The third kappa shape index (κ3) is 6.40. The molecule has 1 aliphatic heterocycles. The molecule has 0 aliphatic carbocycles. The Balaban J connectivity index is 1.97. The smallest absolute Gasteiger partial charge is 0.410 e. The number of hydrogen-bond donors (Lipinski definition) is 1. The van der Waals surface area contributed by atoms with Crippen molar-refractivity contribution in [3.8, 4) is 0 Å². The van der Waals surface area contributed by atoms with Gasteiger partial charge < -0.3 is 15.4 Å². The lowest BCUT2D eigenvalue weighted by Crippen LogP contribution is -2.39. The number of rotatable bonds is 4. The Bertz CT molecular complexity index is 1100. The van der Waals surface area contributed by atoms with Crippen LogP contribution >= 0.6 is 23.2 Å². The topological polar surface area (TPSA) is 67.9 Å². The van der Waals surface area contributed by atoms with E-state index >= 15 is 0 Å². The van der Waals surface area contributed by atoms with Crippen molar-refractivity contribution in [1.82, 2.24) is 4.90 Å². The molecular formula is C26H29Cl2N3O2. The predicted octanol–water partition coefficient (Wildman–Crippen LogP) is 6.91. The van der Waals surface area contributed by atoms with Crippen LogP contribution in [0.4, 0.5) is 10.5 Å². The van der Waals surface area contributed by atoms with E-state index in [9.17, 15) is 4.79 Å². The molecule has 0 unspecified atom stereocenters. The van der Waals surface area contributed by atoms with Gasteiger partial charge in [-0.2, -0.15) is 0 Å². The quantitative estimate of drug-likeness (QED) is 0.478. The predicted molar refractivity (Wildman–Crippen MR) is 136 cm³/mol. The molecule has 174 valence electrons. The van der Waals surface area contributed by atoms with E-state index in [-0.39, 0.29) is 6.09 Å². The summed E-state index contributed by atoms with van der Waals surface area (Å²) in [6, 6.07) is 15.0. The maximum absolute atomic E-state index is 12.4. The van der Waals surface area contributed by atoms with Crippen LogP contribution < -0.4 is 5.73 Å². The van der Waals surface area contributed by atoms with Gasteiger partial charge in [0.1, 0.15) is 5.60 Å². The number of ether oxygens (including phenoxy) is 1. The molecule has 0 aromatic heterocycles. The fourth-order valence-corrected chi connectivity index (χ4v) is 4.03. The zero-order valence-electron chi connectivity index (χ0n) is 19.4. The van der Waals surface area contributed by atoms with Crippen LogP contribution in [0, 0.1) is 0 Å². The summed E-state index contributed by atoms with van der Waals surface area (Å²) in [4.78, 5) is 18.9. The number of carbonyl (C=O) groups is 1. The summed E-state index contributed by atoms with van der Waals surface area (Å²) in [5.41, 5.74) is 10.4. The van der Waals surface area contributed by atoms with Crippen LogP contribution in [0.25, 0.3) is 0 Å². The standard InChI is InChI=1S/C26H29Cl2N3O2/c1-17(23(29)18-13-15-31(16-14-18)25(32)33-26(2,3)4)24(30-19-9-6-5-7-10-19)22-20(27)11-8-12-21(22)28/h5-13H,14-16,29H2,1-4H3/b23-17-,30-24?. The number of allylic oxidation sites excluding steroid dienone is 2. The van der Waals surface area contributed by atoms with E-state index in [2.05, 4.69) is 0 Å². The molecule has 0 spiro atoms. The van der Waals surface area contributed by atoms with Gasteiger partial charge in [0.15, 0.2) is 0 Å². The van der Waals surface area contributed by atoms with Gasteiger partial charge in [-0.25, -0.2) is 9.79 Å². The highest BCUT2D eigenvalue weighted by Crippen LogP contribution is 2.31. The van der Waals surface area contributed by atoms with Gasteiger partial charge in [0.2, 0.25) is 0 Å². The molecule has 0 fully saturated rings. The molecule has 1 aliphatic rings. The number of amides is 1. The zero-order valence-corrected chi connectivity index (χ0v) is 20.9. The van der Waals surface area contributed by atoms with E-state index < -0.39 is 5.60 Å². The van der Waals surface area contributed by atoms with Gasteiger partial charge in [-0.3, -0.25) is 0 Å². The first-order chi connectivity index (χ1) is 15.6. The van der Waals surface area contributed by atoms with E-state index in [1.807, 2.05) is 64.1 Å². The molecule has 0 saturated heterocycles. The van der Waals surface area contributed by atoms with Crippen LogP contribution in [-0.4, -0.2) is 35.4 Å². The summed E-state index contributed by atoms with van der Waals surface area (Å²) in [7, 11) is 0.